The predicted molar refractivity (Wildman–Crippen MR) is 88.1 cm³/mol. The van der Waals surface area contributed by atoms with Gasteiger partial charge in [-0.05, 0) is 26.2 Å². The molecule has 0 aromatic heterocycles. The van der Waals surface area contributed by atoms with Gasteiger partial charge in [0.1, 0.15) is 5.90 Å². The van der Waals surface area contributed by atoms with Crippen LogP contribution in [0.15, 0.2) is 12.7 Å². The minimum atomic E-state index is -4.29. The van der Waals surface area contributed by atoms with E-state index in [9.17, 15) is 9.13 Å². The molecular formula is C14H30O5P2. The first-order valence-corrected chi connectivity index (χ1v) is 11.5. The lowest BCUT2D eigenvalue weighted by Crippen LogP contribution is -2.01. The number of hydrogen-bond donors (Lipinski definition) is 2. The van der Waals surface area contributed by atoms with Gasteiger partial charge in [0.05, 0.1) is 6.61 Å². The van der Waals surface area contributed by atoms with E-state index in [4.69, 9.17) is 14.3 Å². The molecule has 0 aliphatic heterocycles. The van der Waals surface area contributed by atoms with Crippen molar-refractivity contribution in [2.75, 3.05) is 18.7 Å². The lowest BCUT2D eigenvalue weighted by molar-refractivity contribution is 0.329. The first kappa shape index (κ1) is 21.1. The summed E-state index contributed by atoms with van der Waals surface area (Å²) in [5.74, 6) is -0.630. The van der Waals surface area contributed by atoms with Crippen molar-refractivity contribution in [2.24, 2.45) is 0 Å². The summed E-state index contributed by atoms with van der Waals surface area (Å²) in [6.07, 6.45) is 10.7. The Morgan fingerprint density at radius 3 is 2.00 bits per heavy atom. The highest BCUT2D eigenvalue weighted by molar-refractivity contribution is 7.73. The molecule has 0 aliphatic rings. The molecular weight excluding hydrogens is 310 g/mol. The van der Waals surface area contributed by atoms with Crippen molar-refractivity contribution in [3.05, 3.63) is 12.7 Å². The first-order valence-electron chi connectivity index (χ1n) is 7.71. The zero-order valence-electron chi connectivity index (χ0n) is 13.1. The fourth-order valence-corrected chi connectivity index (χ4v) is 6.66. The van der Waals surface area contributed by atoms with Gasteiger partial charge in [0, 0.05) is 6.16 Å². The molecule has 2 N–H and O–H groups in total. The van der Waals surface area contributed by atoms with Gasteiger partial charge in [0.25, 0.3) is 0 Å². The highest BCUT2D eigenvalue weighted by atomic mass is 31.2. The normalized spacial score (nSPS) is 14.8. The largest absolute Gasteiger partial charge is 0.335 e. The molecule has 0 rings (SSSR count). The van der Waals surface area contributed by atoms with Crippen molar-refractivity contribution in [3.63, 3.8) is 0 Å². The van der Waals surface area contributed by atoms with Gasteiger partial charge >= 0.3 is 7.60 Å². The Morgan fingerprint density at radius 2 is 1.52 bits per heavy atom. The number of allylic oxidation sites excluding steroid dienone is 1. The summed E-state index contributed by atoms with van der Waals surface area (Å²) in [7, 11) is -7.48. The van der Waals surface area contributed by atoms with Gasteiger partial charge in [0.2, 0.25) is 7.37 Å². The maximum Gasteiger partial charge on any atom is 0.335 e. The molecule has 0 aliphatic carbocycles. The maximum absolute atomic E-state index is 12.3. The molecule has 126 valence electrons. The lowest BCUT2D eigenvalue weighted by atomic mass is 10.1. The zero-order valence-corrected chi connectivity index (χ0v) is 14.9. The molecule has 5 nitrogen and oxygen atoms in total. The molecule has 7 heteroatoms. The van der Waals surface area contributed by atoms with Crippen molar-refractivity contribution in [1.82, 2.24) is 0 Å². The zero-order chi connectivity index (χ0) is 16.2. The smallest absolute Gasteiger partial charge is 0.328 e. The average Bonchev–Trinajstić information content (AvgIpc) is 2.35. The Balaban J connectivity index is 3.82. The van der Waals surface area contributed by atoms with Crippen molar-refractivity contribution in [2.45, 2.75) is 58.3 Å². The quantitative estimate of drug-likeness (QED) is 0.271. The van der Waals surface area contributed by atoms with Crippen molar-refractivity contribution in [3.8, 4) is 0 Å². The van der Waals surface area contributed by atoms with Gasteiger partial charge in [-0.25, -0.2) is 0 Å². The van der Waals surface area contributed by atoms with Crippen LogP contribution in [0.5, 0.6) is 0 Å². The Hall–Kier alpha value is 0.0800. The van der Waals surface area contributed by atoms with Crippen LogP contribution in [-0.2, 0) is 13.7 Å². The minimum Gasteiger partial charge on any atom is -0.328 e. The van der Waals surface area contributed by atoms with Gasteiger partial charge < -0.3 is 14.3 Å². The standard InChI is InChI=1S/C14H30O5P2/c1-3-5-6-7-8-9-10-11-12-13-20(15,19-4-2)14-21(16,17)18/h3H,1,4-14H2,2H3,(H2,16,17,18). The lowest BCUT2D eigenvalue weighted by Gasteiger charge is -2.18. The number of hydrogen-bond acceptors (Lipinski definition) is 3. The van der Waals surface area contributed by atoms with E-state index in [1.807, 2.05) is 6.08 Å². The average molecular weight is 340 g/mol. The van der Waals surface area contributed by atoms with E-state index in [1.165, 1.54) is 19.3 Å². The molecule has 0 saturated heterocycles. The second kappa shape index (κ2) is 11.6. The highest BCUT2D eigenvalue weighted by Gasteiger charge is 2.31. The molecule has 0 spiro atoms. The second-order valence-corrected chi connectivity index (χ2v) is 10.1. The molecule has 0 heterocycles. The fraction of sp³-hybridized carbons (Fsp3) is 0.857. The van der Waals surface area contributed by atoms with E-state index < -0.39 is 20.9 Å². The molecule has 0 amide bonds. The molecule has 0 radical (unpaired) electrons. The summed E-state index contributed by atoms with van der Waals surface area (Å²) in [5, 5.41) is 0. The molecule has 0 aromatic rings. The summed E-state index contributed by atoms with van der Waals surface area (Å²) >= 11 is 0. The van der Waals surface area contributed by atoms with E-state index in [-0.39, 0.29) is 12.8 Å². The summed E-state index contributed by atoms with van der Waals surface area (Å²) in [5.41, 5.74) is 0. The van der Waals surface area contributed by atoms with Gasteiger partial charge in [-0.2, -0.15) is 0 Å². The third kappa shape index (κ3) is 13.5. The number of unbranched alkanes of at least 4 members (excludes halogenated alkanes) is 7. The maximum atomic E-state index is 12.3. The van der Waals surface area contributed by atoms with Crippen LogP contribution in [-0.4, -0.2) is 28.5 Å². The Labute approximate surface area is 128 Å². The fourth-order valence-electron chi connectivity index (χ4n) is 2.22. The third-order valence-electron chi connectivity index (χ3n) is 3.17. The minimum absolute atomic E-state index is 0.223. The summed E-state index contributed by atoms with van der Waals surface area (Å²) < 4.78 is 28.5. The molecule has 21 heavy (non-hydrogen) atoms. The van der Waals surface area contributed by atoms with Crippen molar-refractivity contribution >= 4 is 15.0 Å². The molecule has 0 saturated carbocycles. The monoisotopic (exact) mass is 340 g/mol. The Kier molecular flexibility index (Phi) is 11.7. The van der Waals surface area contributed by atoms with Gasteiger partial charge in [-0.3, -0.25) is 9.13 Å². The van der Waals surface area contributed by atoms with Crippen molar-refractivity contribution < 1.29 is 23.4 Å². The summed E-state index contributed by atoms with van der Waals surface area (Å²) in [6, 6.07) is 0. The molecule has 0 bridgehead atoms. The summed E-state index contributed by atoms with van der Waals surface area (Å²) in [4.78, 5) is 18.0. The van der Waals surface area contributed by atoms with Crippen LogP contribution in [0.3, 0.4) is 0 Å². The van der Waals surface area contributed by atoms with Crippen LogP contribution in [0, 0.1) is 0 Å². The Bertz CT molecular complexity index is 364. The van der Waals surface area contributed by atoms with E-state index >= 15 is 0 Å². The first-order chi connectivity index (χ1) is 9.83. The van der Waals surface area contributed by atoms with Gasteiger partial charge in [0.15, 0.2) is 0 Å². The summed E-state index contributed by atoms with van der Waals surface area (Å²) in [6.45, 7) is 5.60. The topological polar surface area (TPSA) is 83.8 Å². The molecule has 0 aromatic carbocycles. The van der Waals surface area contributed by atoms with Crippen LogP contribution in [0.2, 0.25) is 0 Å². The third-order valence-corrected chi connectivity index (χ3v) is 8.10. The van der Waals surface area contributed by atoms with Gasteiger partial charge in [-0.15, -0.1) is 6.58 Å². The van der Waals surface area contributed by atoms with Crippen LogP contribution in [0.4, 0.5) is 0 Å². The second-order valence-electron chi connectivity index (χ2n) is 5.31. The SMILES string of the molecule is C=CCCCCCCCCCP(=O)(CP(=O)(O)O)OCC. The van der Waals surface area contributed by atoms with Crippen LogP contribution < -0.4 is 0 Å². The predicted octanol–water partition coefficient (Wildman–Crippen LogP) is 4.74. The highest BCUT2D eigenvalue weighted by Crippen LogP contribution is 2.58. The Morgan fingerprint density at radius 1 is 1.00 bits per heavy atom. The van der Waals surface area contributed by atoms with Crippen LogP contribution in [0.25, 0.3) is 0 Å². The van der Waals surface area contributed by atoms with Gasteiger partial charge in [-0.1, -0.05) is 38.2 Å². The molecule has 0 fully saturated rings. The van der Waals surface area contributed by atoms with E-state index in [0.717, 1.165) is 25.7 Å². The van der Waals surface area contributed by atoms with Crippen molar-refractivity contribution in [1.29, 1.82) is 0 Å². The molecule has 1 unspecified atom stereocenters. The number of rotatable bonds is 14. The van der Waals surface area contributed by atoms with E-state index in [0.29, 0.717) is 6.42 Å². The van der Waals surface area contributed by atoms with E-state index in [2.05, 4.69) is 6.58 Å². The van der Waals surface area contributed by atoms with Crippen LogP contribution in [0.1, 0.15) is 58.3 Å². The van der Waals surface area contributed by atoms with E-state index in [1.54, 1.807) is 6.92 Å². The van der Waals surface area contributed by atoms with Crippen LogP contribution >= 0.6 is 15.0 Å². The molecule has 1 atom stereocenters.